The molecule has 0 fully saturated rings. The van der Waals surface area contributed by atoms with Gasteiger partial charge in [-0.1, -0.05) is 38.1 Å². The van der Waals surface area contributed by atoms with E-state index in [9.17, 15) is 10.4 Å². The molecular weight excluding hydrogens is 404 g/mol. The molecule has 1 aliphatic carbocycles. The van der Waals surface area contributed by atoms with Gasteiger partial charge in [-0.05, 0) is 48.4 Å². The summed E-state index contributed by atoms with van der Waals surface area (Å²) >= 11 is 0. The van der Waals surface area contributed by atoms with Gasteiger partial charge in [0.05, 0.1) is 19.3 Å². The summed E-state index contributed by atoms with van der Waals surface area (Å²) in [5, 5.41) is 18.4. The van der Waals surface area contributed by atoms with Crippen molar-refractivity contribution in [3.8, 4) is 6.07 Å². The second kappa shape index (κ2) is 13.1. The molecule has 1 aliphatic rings. The molecule has 0 saturated heterocycles. The highest BCUT2D eigenvalue weighted by atomic mass is 16.7. The molecule has 0 spiro atoms. The maximum absolute atomic E-state index is 9.21. The van der Waals surface area contributed by atoms with Gasteiger partial charge in [0, 0.05) is 37.5 Å². The van der Waals surface area contributed by atoms with Crippen molar-refractivity contribution in [3.63, 3.8) is 0 Å². The van der Waals surface area contributed by atoms with Gasteiger partial charge in [-0.25, -0.2) is 0 Å². The largest absolute Gasteiger partial charge is 0.491 e. The van der Waals surface area contributed by atoms with Crippen molar-refractivity contribution in [2.75, 3.05) is 51.7 Å². The predicted molar refractivity (Wildman–Crippen MR) is 128 cm³/mol. The van der Waals surface area contributed by atoms with Gasteiger partial charge in [0.15, 0.2) is 0 Å². The second-order valence-corrected chi connectivity index (χ2v) is 8.56. The van der Waals surface area contributed by atoms with E-state index in [1.54, 1.807) is 13.2 Å². The lowest BCUT2D eigenvalue weighted by Crippen LogP contribution is -2.27. The van der Waals surface area contributed by atoms with Crippen molar-refractivity contribution in [2.24, 2.45) is 5.41 Å². The van der Waals surface area contributed by atoms with E-state index in [0.717, 1.165) is 54.1 Å². The molecule has 32 heavy (non-hydrogen) atoms. The predicted octanol–water partition coefficient (Wildman–Crippen LogP) is 4.68. The van der Waals surface area contributed by atoms with Gasteiger partial charge in [-0.3, -0.25) is 0 Å². The Labute approximate surface area is 192 Å². The summed E-state index contributed by atoms with van der Waals surface area (Å²) in [6.45, 7) is 9.29. The van der Waals surface area contributed by atoms with Crippen LogP contribution in [0.15, 0.2) is 53.3 Å². The fourth-order valence-electron chi connectivity index (χ4n) is 3.90. The van der Waals surface area contributed by atoms with Crippen LogP contribution in [0.1, 0.15) is 39.2 Å². The first-order valence-corrected chi connectivity index (χ1v) is 11.1. The summed E-state index contributed by atoms with van der Waals surface area (Å²) < 4.78 is 16.2. The molecule has 1 aromatic carbocycles. The zero-order valence-electron chi connectivity index (χ0n) is 19.8. The Morgan fingerprint density at radius 1 is 1.16 bits per heavy atom. The number of rotatable bonds is 12. The number of benzene rings is 1. The number of ether oxygens (including phenoxy) is 3. The SMILES string of the molecule is CCN(CCOCOC)c1ccc(/C=C/C2=C(OCCO)C(=C/C#N)/CC(C)(C)C2)cc1. The molecule has 0 atom stereocenters. The molecule has 0 amide bonds. The van der Waals surface area contributed by atoms with Gasteiger partial charge in [0.1, 0.15) is 19.2 Å². The molecule has 0 radical (unpaired) electrons. The Balaban J connectivity index is 2.19. The molecule has 2 rings (SSSR count). The van der Waals surface area contributed by atoms with Crippen LogP contribution in [-0.4, -0.2) is 51.9 Å². The molecular formula is C26H36N2O4. The highest BCUT2D eigenvalue weighted by molar-refractivity contribution is 5.59. The van der Waals surface area contributed by atoms with Gasteiger partial charge < -0.3 is 24.2 Å². The average Bonchev–Trinajstić information content (AvgIpc) is 2.77. The molecule has 174 valence electrons. The van der Waals surface area contributed by atoms with E-state index in [4.69, 9.17) is 14.2 Å². The van der Waals surface area contributed by atoms with Crippen molar-refractivity contribution < 1.29 is 19.3 Å². The van der Waals surface area contributed by atoms with Crippen LogP contribution in [0.4, 0.5) is 5.69 Å². The zero-order valence-corrected chi connectivity index (χ0v) is 19.8. The molecule has 0 bridgehead atoms. The number of allylic oxidation sites excluding steroid dienone is 4. The fraction of sp³-hybridized carbons (Fsp3) is 0.500. The van der Waals surface area contributed by atoms with Crippen LogP contribution in [0.3, 0.4) is 0 Å². The van der Waals surface area contributed by atoms with Gasteiger partial charge in [0.25, 0.3) is 0 Å². The number of aliphatic hydroxyl groups excluding tert-OH is 1. The van der Waals surface area contributed by atoms with Crippen molar-refractivity contribution in [2.45, 2.75) is 33.6 Å². The topological polar surface area (TPSA) is 75.0 Å². The summed E-state index contributed by atoms with van der Waals surface area (Å²) in [4.78, 5) is 2.26. The minimum Gasteiger partial charge on any atom is -0.491 e. The van der Waals surface area contributed by atoms with Crippen molar-refractivity contribution in [3.05, 3.63) is 58.9 Å². The van der Waals surface area contributed by atoms with E-state index < -0.39 is 0 Å². The number of nitriles is 1. The molecule has 0 heterocycles. The summed E-state index contributed by atoms with van der Waals surface area (Å²) in [5.74, 6) is 0.723. The van der Waals surface area contributed by atoms with Gasteiger partial charge in [-0.15, -0.1) is 0 Å². The molecule has 1 N–H and O–H groups in total. The smallest absolute Gasteiger partial charge is 0.146 e. The highest BCUT2D eigenvalue weighted by Gasteiger charge is 2.30. The minimum atomic E-state index is -0.0599. The van der Waals surface area contributed by atoms with Crippen LogP contribution in [0, 0.1) is 16.7 Å². The molecule has 6 heteroatoms. The third-order valence-electron chi connectivity index (χ3n) is 5.32. The Morgan fingerprint density at radius 2 is 1.91 bits per heavy atom. The van der Waals surface area contributed by atoms with E-state index in [2.05, 4.69) is 68.2 Å². The third kappa shape index (κ3) is 7.83. The van der Waals surface area contributed by atoms with E-state index in [1.165, 1.54) is 0 Å². The lowest BCUT2D eigenvalue weighted by atomic mass is 9.74. The molecule has 1 aromatic rings. The first-order chi connectivity index (χ1) is 15.4. The summed E-state index contributed by atoms with van der Waals surface area (Å²) in [6.07, 6.45) is 7.32. The first kappa shape index (κ1) is 25.7. The van der Waals surface area contributed by atoms with Crippen LogP contribution in [-0.2, 0) is 14.2 Å². The summed E-state index contributed by atoms with van der Waals surface area (Å²) in [5.41, 5.74) is 4.20. The molecule has 6 nitrogen and oxygen atoms in total. The fourth-order valence-corrected chi connectivity index (χ4v) is 3.90. The summed E-state index contributed by atoms with van der Waals surface area (Å²) in [6, 6.07) is 10.6. The lowest BCUT2D eigenvalue weighted by Gasteiger charge is -2.33. The lowest BCUT2D eigenvalue weighted by molar-refractivity contribution is -0.0274. The number of hydrogen-bond donors (Lipinski definition) is 1. The van der Waals surface area contributed by atoms with E-state index in [1.807, 2.05) is 0 Å². The number of nitrogens with zero attached hydrogens (tertiary/aromatic N) is 2. The second-order valence-electron chi connectivity index (χ2n) is 8.56. The van der Waals surface area contributed by atoms with Gasteiger partial charge in [-0.2, -0.15) is 5.26 Å². The molecule has 0 unspecified atom stereocenters. The Hall–Kier alpha value is -2.59. The van der Waals surface area contributed by atoms with Crippen molar-refractivity contribution in [1.82, 2.24) is 0 Å². The Morgan fingerprint density at radius 3 is 2.53 bits per heavy atom. The van der Waals surface area contributed by atoms with Crippen molar-refractivity contribution in [1.29, 1.82) is 5.26 Å². The average molecular weight is 441 g/mol. The zero-order chi connectivity index (χ0) is 23.4. The Bertz CT molecular complexity index is 848. The van der Waals surface area contributed by atoms with E-state index in [-0.39, 0.29) is 18.6 Å². The standard InChI is InChI=1S/C26H36N2O4/c1-5-28(14-16-31-20-30-4)24-10-7-21(8-11-24)6-9-22-18-26(2,3)19-23(12-13-27)25(22)32-17-15-29/h6-12,29H,5,14-20H2,1-4H3/b9-6+,23-12+. The van der Waals surface area contributed by atoms with Crippen LogP contribution >= 0.6 is 0 Å². The monoisotopic (exact) mass is 440 g/mol. The molecule has 0 saturated carbocycles. The quantitative estimate of drug-likeness (QED) is 0.289. The van der Waals surface area contributed by atoms with Crippen LogP contribution in [0.25, 0.3) is 6.08 Å². The number of aliphatic hydroxyl groups is 1. The minimum absolute atomic E-state index is 0.0325. The van der Waals surface area contributed by atoms with Gasteiger partial charge in [0.2, 0.25) is 0 Å². The molecule has 0 aliphatic heterocycles. The summed E-state index contributed by atoms with van der Waals surface area (Å²) in [7, 11) is 1.62. The number of methoxy groups -OCH3 is 1. The van der Waals surface area contributed by atoms with Crippen LogP contribution < -0.4 is 4.90 Å². The van der Waals surface area contributed by atoms with E-state index >= 15 is 0 Å². The number of anilines is 1. The highest BCUT2D eigenvalue weighted by Crippen LogP contribution is 2.42. The van der Waals surface area contributed by atoms with Crippen molar-refractivity contribution >= 4 is 11.8 Å². The third-order valence-corrected chi connectivity index (χ3v) is 5.32. The number of hydrogen-bond acceptors (Lipinski definition) is 6. The first-order valence-electron chi connectivity index (χ1n) is 11.1. The normalized spacial score (nSPS) is 17.1. The number of likely N-dealkylation sites (N-methyl/N-ethyl adjacent to an activating group) is 1. The van der Waals surface area contributed by atoms with Crippen LogP contribution in [0.5, 0.6) is 0 Å². The maximum atomic E-state index is 9.21. The molecule has 0 aromatic heterocycles. The van der Waals surface area contributed by atoms with Gasteiger partial charge >= 0.3 is 0 Å². The maximum Gasteiger partial charge on any atom is 0.146 e. The Kier molecular flexibility index (Phi) is 10.5. The van der Waals surface area contributed by atoms with E-state index in [0.29, 0.717) is 13.4 Å². The van der Waals surface area contributed by atoms with Crippen LogP contribution in [0.2, 0.25) is 0 Å².